The molecule has 0 bridgehead atoms. The SMILES string of the molecule is O=C(C1CCC1)N1CCC(c2noc(-c3ccnc(O[C@@H]4CCOC4)c3)n2)CC1. The van der Waals surface area contributed by atoms with E-state index in [0.717, 1.165) is 63.2 Å². The lowest BCUT2D eigenvalue weighted by Gasteiger charge is -2.35. The number of ether oxygens (including phenoxy) is 2. The van der Waals surface area contributed by atoms with Gasteiger partial charge in [0.25, 0.3) is 5.89 Å². The van der Waals surface area contributed by atoms with Gasteiger partial charge in [0, 0.05) is 49.2 Å². The van der Waals surface area contributed by atoms with Crippen molar-refractivity contribution in [2.45, 2.75) is 50.5 Å². The molecule has 0 aromatic carbocycles. The van der Waals surface area contributed by atoms with E-state index in [1.807, 2.05) is 17.0 Å². The van der Waals surface area contributed by atoms with Crippen molar-refractivity contribution in [3.63, 3.8) is 0 Å². The maximum Gasteiger partial charge on any atom is 0.258 e. The van der Waals surface area contributed by atoms with Gasteiger partial charge in [0.1, 0.15) is 6.10 Å². The lowest BCUT2D eigenvalue weighted by atomic mass is 9.83. The number of rotatable bonds is 5. The Labute approximate surface area is 169 Å². The van der Waals surface area contributed by atoms with Crippen LogP contribution < -0.4 is 4.74 Å². The van der Waals surface area contributed by atoms with Gasteiger partial charge < -0.3 is 18.9 Å². The highest BCUT2D eigenvalue weighted by Crippen LogP contribution is 2.32. The highest BCUT2D eigenvalue weighted by Gasteiger charge is 2.33. The third-order valence-corrected chi connectivity index (χ3v) is 6.23. The summed E-state index contributed by atoms with van der Waals surface area (Å²) in [6.07, 6.45) is 7.66. The van der Waals surface area contributed by atoms with E-state index in [1.165, 1.54) is 6.42 Å². The zero-order valence-electron chi connectivity index (χ0n) is 16.5. The Morgan fingerprint density at radius 3 is 2.76 bits per heavy atom. The van der Waals surface area contributed by atoms with E-state index in [9.17, 15) is 4.79 Å². The Kier molecular flexibility index (Phi) is 5.18. The molecule has 1 atom stereocenters. The zero-order valence-corrected chi connectivity index (χ0v) is 16.5. The smallest absolute Gasteiger partial charge is 0.258 e. The second kappa shape index (κ2) is 8.10. The van der Waals surface area contributed by atoms with E-state index in [1.54, 1.807) is 6.20 Å². The molecule has 1 aliphatic carbocycles. The highest BCUT2D eigenvalue weighted by molar-refractivity contribution is 5.79. The van der Waals surface area contributed by atoms with Gasteiger partial charge in [-0.15, -0.1) is 0 Å². The van der Waals surface area contributed by atoms with Crippen molar-refractivity contribution >= 4 is 5.91 Å². The third kappa shape index (κ3) is 3.99. The number of aromatic nitrogens is 3. The minimum absolute atomic E-state index is 0.0452. The van der Waals surface area contributed by atoms with Gasteiger partial charge >= 0.3 is 0 Å². The molecule has 0 unspecified atom stereocenters. The van der Waals surface area contributed by atoms with Crippen LogP contribution in [0.3, 0.4) is 0 Å². The molecule has 8 heteroatoms. The average Bonchev–Trinajstić information content (AvgIpc) is 3.39. The molecule has 0 spiro atoms. The summed E-state index contributed by atoms with van der Waals surface area (Å²) in [5.41, 5.74) is 0.797. The Morgan fingerprint density at radius 2 is 2.03 bits per heavy atom. The number of pyridine rings is 1. The molecular weight excluding hydrogens is 372 g/mol. The minimum atomic E-state index is 0.0452. The fraction of sp³-hybridized carbons (Fsp3) is 0.619. The van der Waals surface area contributed by atoms with E-state index in [2.05, 4.69) is 15.1 Å². The zero-order chi connectivity index (χ0) is 19.6. The summed E-state index contributed by atoms with van der Waals surface area (Å²) in [6, 6.07) is 3.67. The Morgan fingerprint density at radius 1 is 1.17 bits per heavy atom. The predicted molar refractivity (Wildman–Crippen MR) is 103 cm³/mol. The van der Waals surface area contributed by atoms with E-state index in [4.69, 9.17) is 14.0 Å². The lowest BCUT2D eigenvalue weighted by molar-refractivity contribution is -0.139. The van der Waals surface area contributed by atoms with Gasteiger partial charge in [0.2, 0.25) is 11.8 Å². The van der Waals surface area contributed by atoms with Gasteiger partial charge in [-0.1, -0.05) is 11.6 Å². The molecule has 5 rings (SSSR count). The number of piperidine rings is 1. The Bertz CT molecular complexity index is 852. The molecule has 154 valence electrons. The van der Waals surface area contributed by atoms with E-state index < -0.39 is 0 Å². The number of nitrogens with zero attached hydrogens (tertiary/aromatic N) is 4. The summed E-state index contributed by atoms with van der Waals surface area (Å²) in [5, 5.41) is 4.21. The number of carbonyl (C=O) groups is 1. The molecule has 8 nitrogen and oxygen atoms in total. The maximum atomic E-state index is 12.4. The normalized spacial score (nSPS) is 23.2. The van der Waals surface area contributed by atoms with Crippen LogP contribution in [0, 0.1) is 5.92 Å². The van der Waals surface area contributed by atoms with Crippen LogP contribution in [0.4, 0.5) is 0 Å². The summed E-state index contributed by atoms with van der Waals surface area (Å²) in [6.45, 7) is 2.88. The van der Waals surface area contributed by atoms with Crippen molar-refractivity contribution < 1.29 is 18.8 Å². The van der Waals surface area contributed by atoms with Crippen molar-refractivity contribution in [1.82, 2.24) is 20.0 Å². The van der Waals surface area contributed by atoms with Gasteiger partial charge in [0.15, 0.2) is 5.82 Å². The summed E-state index contributed by atoms with van der Waals surface area (Å²) < 4.78 is 16.7. The van der Waals surface area contributed by atoms with Crippen LogP contribution in [0.15, 0.2) is 22.9 Å². The number of hydrogen-bond acceptors (Lipinski definition) is 7. The first-order chi connectivity index (χ1) is 14.3. The maximum absolute atomic E-state index is 12.4. The monoisotopic (exact) mass is 398 g/mol. The molecule has 2 aliphatic heterocycles. The summed E-state index contributed by atoms with van der Waals surface area (Å²) in [5.74, 6) is 2.57. The molecule has 1 saturated carbocycles. The standard InChI is InChI=1S/C21H26N4O4/c26-21(15-2-1-3-15)25-9-5-14(6-10-25)19-23-20(29-24-19)16-4-8-22-18(12-16)28-17-7-11-27-13-17/h4,8,12,14-15,17H,1-3,5-7,9-11,13H2/t17-/m1/s1. The van der Waals surface area contributed by atoms with Crippen molar-refractivity contribution in [3.8, 4) is 17.3 Å². The van der Waals surface area contributed by atoms with Gasteiger partial charge in [-0.25, -0.2) is 4.98 Å². The average molecular weight is 398 g/mol. The van der Waals surface area contributed by atoms with Gasteiger partial charge in [-0.3, -0.25) is 4.79 Å². The molecule has 2 saturated heterocycles. The molecular formula is C21H26N4O4. The Balaban J connectivity index is 1.21. The largest absolute Gasteiger partial charge is 0.472 e. The number of amides is 1. The van der Waals surface area contributed by atoms with Crippen LogP contribution in [0.2, 0.25) is 0 Å². The fourth-order valence-electron chi connectivity index (χ4n) is 4.17. The molecule has 0 radical (unpaired) electrons. The van der Waals surface area contributed by atoms with Crippen molar-refractivity contribution in [2.24, 2.45) is 5.92 Å². The molecule has 29 heavy (non-hydrogen) atoms. The van der Waals surface area contributed by atoms with E-state index in [-0.39, 0.29) is 17.9 Å². The van der Waals surface area contributed by atoms with Crippen LogP contribution in [-0.4, -0.2) is 58.3 Å². The van der Waals surface area contributed by atoms with Gasteiger partial charge in [-0.05, 0) is 31.7 Å². The predicted octanol–water partition coefficient (Wildman–Crippen LogP) is 2.81. The van der Waals surface area contributed by atoms with Crippen molar-refractivity contribution in [2.75, 3.05) is 26.3 Å². The first kappa shape index (κ1) is 18.5. The van der Waals surface area contributed by atoms with Crippen LogP contribution in [0.25, 0.3) is 11.5 Å². The molecule has 0 N–H and O–H groups in total. The van der Waals surface area contributed by atoms with Crippen LogP contribution >= 0.6 is 0 Å². The number of likely N-dealkylation sites (tertiary alicyclic amines) is 1. The van der Waals surface area contributed by atoms with Crippen LogP contribution in [0.5, 0.6) is 5.88 Å². The molecule has 2 aromatic rings. The molecule has 1 amide bonds. The molecule has 2 aromatic heterocycles. The second-order valence-corrected chi connectivity index (χ2v) is 8.17. The number of hydrogen-bond donors (Lipinski definition) is 0. The third-order valence-electron chi connectivity index (χ3n) is 6.23. The van der Waals surface area contributed by atoms with E-state index >= 15 is 0 Å². The summed E-state index contributed by atoms with van der Waals surface area (Å²) >= 11 is 0. The lowest BCUT2D eigenvalue weighted by Crippen LogP contribution is -2.43. The quantitative estimate of drug-likeness (QED) is 0.765. The molecule has 3 fully saturated rings. The first-order valence-corrected chi connectivity index (χ1v) is 10.6. The molecule has 3 aliphatic rings. The van der Waals surface area contributed by atoms with Crippen LogP contribution in [-0.2, 0) is 9.53 Å². The minimum Gasteiger partial charge on any atom is -0.472 e. The summed E-state index contributed by atoms with van der Waals surface area (Å²) in [7, 11) is 0. The topological polar surface area (TPSA) is 90.6 Å². The molecule has 4 heterocycles. The Hall–Kier alpha value is -2.48. The van der Waals surface area contributed by atoms with Gasteiger partial charge in [-0.2, -0.15) is 4.98 Å². The van der Waals surface area contributed by atoms with Crippen molar-refractivity contribution in [1.29, 1.82) is 0 Å². The van der Waals surface area contributed by atoms with Crippen LogP contribution in [0.1, 0.15) is 50.3 Å². The van der Waals surface area contributed by atoms with Gasteiger partial charge in [0.05, 0.1) is 13.2 Å². The number of carbonyl (C=O) groups excluding carboxylic acids is 1. The second-order valence-electron chi connectivity index (χ2n) is 8.17. The first-order valence-electron chi connectivity index (χ1n) is 10.6. The fourth-order valence-corrected chi connectivity index (χ4v) is 4.17. The summed E-state index contributed by atoms with van der Waals surface area (Å²) in [4.78, 5) is 23.3. The highest BCUT2D eigenvalue weighted by atomic mass is 16.5. The van der Waals surface area contributed by atoms with Crippen molar-refractivity contribution in [3.05, 3.63) is 24.2 Å². The van der Waals surface area contributed by atoms with E-state index in [0.29, 0.717) is 24.3 Å².